The second-order valence-electron chi connectivity index (χ2n) is 6.33. The van der Waals surface area contributed by atoms with Crippen LogP contribution < -0.4 is 9.72 Å². The van der Waals surface area contributed by atoms with Gasteiger partial charge in [0, 0.05) is 12.1 Å². The lowest BCUT2D eigenvalue weighted by Gasteiger charge is -2.10. The van der Waals surface area contributed by atoms with Crippen molar-refractivity contribution in [3.05, 3.63) is 83.9 Å². The zero-order chi connectivity index (χ0) is 21.7. The van der Waals surface area contributed by atoms with Crippen LogP contribution in [-0.4, -0.2) is 18.9 Å². The number of fused-ring (bicyclic) bond motifs is 2. The molecule has 1 heterocycles. The van der Waals surface area contributed by atoms with Crippen LogP contribution in [0.25, 0.3) is 21.8 Å². The number of aromatic nitrogens is 1. The van der Waals surface area contributed by atoms with Crippen LogP contribution >= 0.6 is 0 Å². The molecule has 8 heteroatoms. The molecule has 0 aliphatic carbocycles. The standard InChI is InChI=1S/C22H17NO2.FHO3S/c1-2-15-9-8-14-19-20(15)21(17-12-6-7-13-18(17)23-19)22(24)25-16-10-4-3-5-11-16;1-5(2,3)4/h3-14H,2H2,1H3;(H,2,3,4). The van der Waals surface area contributed by atoms with E-state index in [9.17, 15) is 8.68 Å². The van der Waals surface area contributed by atoms with Gasteiger partial charge in [-0.1, -0.05) is 49.4 Å². The van der Waals surface area contributed by atoms with Gasteiger partial charge in [-0.15, -0.1) is 3.89 Å². The van der Waals surface area contributed by atoms with Crippen LogP contribution in [0.1, 0.15) is 22.8 Å². The largest absolute Gasteiger partial charge is 0.722 e. The molecular weight excluding hydrogens is 409 g/mol. The molecular formula is C22H18FNO5S. The molecule has 0 spiro atoms. The van der Waals surface area contributed by atoms with Gasteiger partial charge >= 0.3 is 5.97 Å². The van der Waals surface area contributed by atoms with E-state index in [0.717, 1.165) is 33.8 Å². The first-order valence-electron chi connectivity index (χ1n) is 9.06. The van der Waals surface area contributed by atoms with Gasteiger partial charge in [0.15, 0.2) is 0 Å². The number of ether oxygens (including phenoxy) is 1. The number of rotatable bonds is 3. The number of H-pyrrole nitrogens is 1. The summed E-state index contributed by atoms with van der Waals surface area (Å²) in [5.41, 5.74) is 3.60. The second-order valence-corrected chi connectivity index (χ2v) is 7.12. The van der Waals surface area contributed by atoms with Crippen molar-refractivity contribution >= 4 is 38.3 Å². The highest BCUT2D eigenvalue weighted by Gasteiger charge is 2.23. The van der Waals surface area contributed by atoms with Gasteiger partial charge in [0.05, 0.1) is 16.3 Å². The molecule has 0 unspecified atom stereocenters. The first-order chi connectivity index (χ1) is 14.3. The van der Waals surface area contributed by atoms with Crippen LogP contribution in [0.5, 0.6) is 5.75 Å². The van der Waals surface area contributed by atoms with Crippen molar-refractivity contribution in [2.75, 3.05) is 0 Å². The SMILES string of the molecule is CCc1cccc2[nH+]c3ccccc3c(C(=O)Oc3ccccc3)c12.O=S(=O)([O-])F. The molecule has 1 N–H and O–H groups in total. The zero-order valence-electron chi connectivity index (χ0n) is 16.0. The Morgan fingerprint density at radius 3 is 2.23 bits per heavy atom. The number of carbonyl (C=O) groups excluding carboxylic acids is 1. The highest BCUT2D eigenvalue weighted by Crippen LogP contribution is 2.28. The maximum absolute atomic E-state index is 13.1. The Bertz CT molecular complexity index is 1300. The van der Waals surface area contributed by atoms with Crippen molar-refractivity contribution in [2.24, 2.45) is 0 Å². The molecule has 0 saturated heterocycles. The van der Waals surface area contributed by atoms with Gasteiger partial charge in [0.25, 0.3) is 10.5 Å². The summed E-state index contributed by atoms with van der Waals surface area (Å²) in [4.78, 5) is 16.5. The van der Waals surface area contributed by atoms with Gasteiger partial charge in [-0.05, 0) is 30.2 Å². The van der Waals surface area contributed by atoms with E-state index in [1.165, 1.54) is 0 Å². The van der Waals surface area contributed by atoms with Crippen molar-refractivity contribution in [1.82, 2.24) is 0 Å². The third kappa shape index (κ3) is 5.16. The first-order valence-corrected chi connectivity index (χ1v) is 10.4. The molecule has 1 aromatic heterocycles. The van der Waals surface area contributed by atoms with Gasteiger partial charge < -0.3 is 9.29 Å². The molecule has 0 aliphatic heterocycles. The summed E-state index contributed by atoms with van der Waals surface area (Å²) in [6.45, 7) is 2.09. The summed E-state index contributed by atoms with van der Waals surface area (Å²) in [7, 11) is -5.42. The minimum absolute atomic E-state index is 0.331. The summed E-state index contributed by atoms with van der Waals surface area (Å²) >= 11 is 0. The monoisotopic (exact) mass is 427 g/mol. The smallest absolute Gasteiger partial charge is 0.345 e. The summed E-state index contributed by atoms with van der Waals surface area (Å²) < 4.78 is 41.0. The number of esters is 1. The topological polar surface area (TPSA) is 97.6 Å². The van der Waals surface area contributed by atoms with Gasteiger partial charge in [0.2, 0.25) is 11.0 Å². The maximum Gasteiger partial charge on any atom is 0.345 e. The summed E-state index contributed by atoms with van der Waals surface area (Å²) in [5.74, 6) is 0.217. The van der Waals surface area contributed by atoms with E-state index >= 15 is 0 Å². The van der Waals surface area contributed by atoms with Gasteiger partial charge in [0.1, 0.15) is 5.75 Å². The number of benzene rings is 3. The fourth-order valence-corrected chi connectivity index (χ4v) is 3.24. The minimum atomic E-state index is -5.42. The molecule has 4 aromatic rings. The van der Waals surface area contributed by atoms with Crippen LogP contribution in [0.2, 0.25) is 0 Å². The fourth-order valence-electron chi connectivity index (χ4n) is 3.24. The maximum atomic E-state index is 13.1. The number of pyridine rings is 1. The number of carbonyl (C=O) groups is 1. The Kier molecular flexibility index (Phi) is 6.39. The van der Waals surface area contributed by atoms with E-state index in [4.69, 9.17) is 17.7 Å². The lowest BCUT2D eigenvalue weighted by Crippen LogP contribution is -2.16. The molecule has 0 saturated carbocycles. The van der Waals surface area contributed by atoms with E-state index in [1.54, 1.807) is 12.1 Å². The Morgan fingerprint density at radius 1 is 0.967 bits per heavy atom. The number of aryl methyl sites for hydroxylation is 1. The second kappa shape index (κ2) is 8.98. The number of para-hydroxylation sites is 2. The van der Waals surface area contributed by atoms with Crippen molar-refractivity contribution in [2.45, 2.75) is 13.3 Å². The molecule has 0 bridgehead atoms. The molecule has 154 valence electrons. The van der Waals surface area contributed by atoms with Crippen LogP contribution in [0.3, 0.4) is 0 Å². The lowest BCUT2D eigenvalue weighted by atomic mass is 9.97. The predicted octanol–water partition coefficient (Wildman–Crippen LogP) is 4.00. The van der Waals surface area contributed by atoms with Crippen LogP contribution in [-0.2, 0) is 16.9 Å². The van der Waals surface area contributed by atoms with Gasteiger partial charge in [-0.3, -0.25) is 0 Å². The molecule has 6 nitrogen and oxygen atoms in total. The van der Waals surface area contributed by atoms with Crippen molar-refractivity contribution in [3.8, 4) is 5.75 Å². The van der Waals surface area contributed by atoms with E-state index in [-0.39, 0.29) is 5.97 Å². The first kappa shape index (κ1) is 21.4. The van der Waals surface area contributed by atoms with Crippen LogP contribution in [0, 0.1) is 0 Å². The number of halogens is 1. The third-order valence-corrected chi connectivity index (χ3v) is 4.41. The summed E-state index contributed by atoms with van der Waals surface area (Å²) in [5, 5.41) is 1.81. The van der Waals surface area contributed by atoms with Crippen molar-refractivity contribution in [3.63, 3.8) is 0 Å². The summed E-state index contributed by atoms with van der Waals surface area (Å²) in [6, 6.07) is 23.1. The number of hydrogen-bond acceptors (Lipinski definition) is 5. The van der Waals surface area contributed by atoms with E-state index in [1.807, 2.05) is 54.6 Å². The zero-order valence-corrected chi connectivity index (χ0v) is 16.8. The van der Waals surface area contributed by atoms with Crippen molar-refractivity contribution in [1.29, 1.82) is 0 Å². The Hall–Kier alpha value is -3.36. The lowest BCUT2D eigenvalue weighted by molar-refractivity contribution is -0.310. The number of nitrogens with one attached hydrogen (secondary N) is 1. The van der Waals surface area contributed by atoms with E-state index < -0.39 is 10.5 Å². The van der Waals surface area contributed by atoms with Crippen molar-refractivity contribution < 1.29 is 31.4 Å². The normalized spacial score (nSPS) is 11.0. The molecule has 0 radical (unpaired) electrons. The number of aromatic amines is 1. The van der Waals surface area contributed by atoms with E-state index in [2.05, 4.69) is 18.0 Å². The van der Waals surface area contributed by atoms with E-state index in [0.29, 0.717) is 11.3 Å². The van der Waals surface area contributed by atoms with Crippen LogP contribution in [0.15, 0.2) is 72.8 Å². The third-order valence-electron chi connectivity index (χ3n) is 4.41. The molecule has 0 aliphatic rings. The average molecular weight is 427 g/mol. The fraction of sp³-hybridized carbons (Fsp3) is 0.0909. The average Bonchev–Trinajstić information content (AvgIpc) is 2.71. The highest BCUT2D eigenvalue weighted by atomic mass is 32.3. The molecule has 30 heavy (non-hydrogen) atoms. The predicted molar refractivity (Wildman–Crippen MR) is 110 cm³/mol. The van der Waals surface area contributed by atoms with Crippen LogP contribution in [0.4, 0.5) is 3.89 Å². The summed E-state index contributed by atoms with van der Waals surface area (Å²) in [6.07, 6.45) is 0.842. The molecule has 0 amide bonds. The van der Waals surface area contributed by atoms with Gasteiger partial charge in [-0.2, -0.15) is 0 Å². The Labute approximate surface area is 173 Å². The highest BCUT2D eigenvalue weighted by molar-refractivity contribution is 7.80. The molecule has 0 fully saturated rings. The molecule has 4 rings (SSSR count). The minimum Gasteiger partial charge on any atom is -0.722 e. The molecule has 0 atom stereocenters. The Balaban J connectivity index is 0.000000461. The Morgan fingerprint density at radius 2 is 1.57 bits per heavy atom. The quantitative estimate of drug-likeness (QED) is 0.162. The molecule has 3 aromatic carbocycles. The number of hydrogen-bond donors (Lipinski definition) is 0. The van der Waals surface area contributed by atoms with Gasteiger partial charge in [-0.25, -0.2) is 18.2 Å².